The molecule has 0 unspecified atom stereocenters. The van der Waals surface area contributed by atoms with Crippen LogP contribution in [0.4, 0.5) is 5.69 Å². The summed E-state index contributed by atoms with van der Waals surface area (Å²) in [5.74, 6) is 0. The lowest BCUT2D eigenvalue weighted by atomic mass is 10.1. The molecule has 1 aromatic rings. The second kappa shape index (κ2) is 6.02. The van der Waals surface area contributed by atoms with Gasteiger partial charge in [0.25, 0.3) is 0 Å². The second-order valence-corrected chi connectivity index (χ2v) is 4.45. The van der Waals surface area contributed by atoms with Crippen molar-refractivity contribution in [3.05, 3.63) is 41.1 Å². The van der Waals surface area contributed by atoms with Crippen molar-refractivity contribution < 1.29 is 0 Å². The molecule has 0 aliphatic carbocycles. The lowest BCUT2D eigenvalue weighted by Crippen LogP contribution is -2.16. The van der Waals surface area contributed by atoms with Crippen LogP contribution in [0.1, 0.15) is 31.4 Å². The number of benzene rings is 1. The molecule has 1 aromatic carbocycles. The van der Waals surface area contributed by atoms with Crippen LogP contribution < -0.4 is 4.90 Å². The molecule has 18 heavy (non-hydrogen) atoms. The van der Waals surface area contributed by atoms with Gasteiger partial charge in [0.15, 0.2) is 0 Å². The first-order chi connectivity index (χ1) is 8.47. The normalized spacial score (nSPS) is 10.9. The Kier molecular flexibility index (Phi) is 4.67. The van der Waals surface area contributed by atoms with Gasteiger partial charge in [0.05, 0.1) is 11.6 Å². The van der Waals surface area contributed by atoms with Crippen LogP contribution in [0.5, 0.6) is 0 Å². The SMILES string of the molecule is CC(=N)CC=C(C)N(C)c1cccc(C#N)c1C. The third kappa shape index (κ3) is 3.21. The Hall–Kier alpha value is -2.08. The fourth-order valence-corrected chi connectivity index (χ4v) is 1.74. The second-order valence-electron chi connectivity index (χ2n) is 4.45. The van der Waals surface area contributed by atoms with E-state index in [0.717, 1.165) is 16.9 Å². The van der Waals surface area contributed by atoms with E-state index < -0.39 is 0 Å². The zero-order valence-electron chi connectivity index (χ0n) is 11.4. The molecule has 0 bridgehead atoms. The van der Waals surface area contributed by atoms with E-state index >= 15 is 0 Å². The van der Waals surface area contributed by atoms with Crippen LogP contribution in [-0.2, 0) is 0 Å². The summed E-state index contributed by atoms with van der Waals surface area (Å²) in [4.78, 5) is 2.05. The van der Waals surface area contributed by atoms with Crippen molar-refractivity contribution in [1.29, 1.82) is 10.7 Å². The van der Waals surface area contributed by atoms with E-state index in [9.17, 15) is 0 Å². The van der Waals surface area contributed by atoms with Gasteiger partial charge in [-0.2, -0.15) is 5.26 Å². The molecule has 3 heteroatoms. The first kappa shape index (κ1) is 14.0. The maximum atomic E-state index is 9.03. The zero-order valence-corrected chi connectivity index (χ0v) is 11.4. The third-order valence-corrected chi connectivity index (χ3v) is 3.02. The van der Waals surface area contributed by atoms with Crippen LogP contribution in [0, 0.1) is 23.7 Å². The van der Waals surface area contributed by atoms with E-state index in [1.807, 2.05) is 45.2 Å². The smallest absolute Gasteiger partial charge is 0.0995 e. The van der Waals surface area contributed by atoms with Gasteiger partial charge >= 0.3 is 0 Å². The molecular formula is C15H19N3. The van der Waals surface area contributed by atoms with Crippen molar-refractivity contribution in [3.8, 4) is 6.07 Å². The molecular weight excluding hydrogens is 222 g/mol. The Morgan fingerprint density at radius 3 is 2.67 bits per heavy atom. The molecule has 0 radical (unpaired) electrons. The summed E-state index contributed by atoms with van der Waals surface area (Å²) >= 11 is 0. The molecule has 0 aliphatic heterocycles. The minimum atomic E-state index is 0.644. The van der Waals surface area contributed by atoms with Crippen LogP contribution in [0.3, 0.4) is 0 Å². The molecule has 0 saturated carbocycles. The molecule has 94 valence electrons. The third-order valence-electron chi connectivity index (χ3n) is 3.02. The summed E-state index contributed by atoms with van der Waals surface area (Å²) in [6.45, 7) is 5.77. The molecule has 0 atom stereocenters. The minimum absolute atomic E-state index is 0.644. The zero-order chi connectivity index (χ0) is 13.7. The first-order valence-electron chi connectivity index (χ1n) is 5.91. The highest BCUT2D eigenvalue weighted by Crippen LogP contribution is 2.24. The van der Waals surface area contributed by atoms with E-state index in [1.165, 1.54) is 0 Å². The number of hydrogen-bond acceptors (Lipinski definition) is 3. The van der Waals surface area contributed by atoms with Gasteiger partial charge in [-0.15, -0.1) is 0 Å². The van der Waals surface area contributed by atoms with Crippen molar-refractivity contribution in [2.75, 3.05) is 11.9 Å². The molecule has 0 fully saturated rings. The number of nitrogens with zero attached hydrogens (tertiary/aromatic N) is 2. The van der Waals surface area contributed by atoms with Crippen LogP contribution in [0.25, 0.3) is 0 Å². The fourth-order valence-electron chi connectivity index (χ4n) is 1.74. The van der Waals surface area contributed by atoms with Crippen LogP contribution in [-0.4, -0.2) is 12.8 Å². The van der Waals surface area contributed by atoms with Gasteiger partial charge < -0.3 is 10.3 Å². The van der Waals surface area contributed by atoms with Gasteiger partial charge in [-0.3, -0.25) is 0 Å². The molecule has 1 N–H and O–H groups in total. The summed E-state index contributed by atoms with van der Waals surface area (Å²) < 4.78 is 0. The Morgan fingerprint density at radius 1 is 1.44 bits per heavy atom. The quantitative estimate of drug-likeness (QED) is 0.818. The molecule has 0 aliphatic rings. The van der Waals surface area contributed by atoms with Gasteiger partial charge in [-0.05, 0) is 38.5 Å². The number of nitriles is 1. The molecule has 0 aromatic heterocycles. The van der Waals surface area contributed by atoms with Gasteiger partial charge in [-0.25, -0.2) is 0 Å². The molecule has 1 rings (SSSR count). The van der Waals surface area contributed by atoms with Crippen molar-refractivity contribution in [2.24, 2.45) is 0 Å². The minimum Gasteiger partial charge on any atom is -0.349 e. The van der Waals surface area contributed by atoms with Crippen LogP contribution in [0.2, 0.25) is 0 Å². The highest BCUT2D eigenvalue weighted by Gasteiger charge is 2.08. The van der Waals surface area contributed by atoms with E-state index in [-0.39, 0.29) is 0 Å². The van der Waals surface area contributed by atoms with Gasteiger partial charge in [0.1, 0.15) is 0 Å². The van der Waals surface area contributed by atoms with Crippen molar-refractivity contribution in [3.63, 3.8) is 0 Å². The number of allylic oxidation sites excluding steroid dienone is 2. The maximum Gasteiger partial charge on any atom is 0.0995 e. The Balaban J connectivity index is 3.04. The average Bonchev–Trinajstić information content (AvgIpc) is 2.35. The van der Waals surface area contributed by atoms with Crippen LogP contribution >= 0.6 is 0 Å². The average molecular weight is 241 g/mol. The summed E-state index contributed by atoms with van der Waals surface area (Å²) in [5.41, 5.74) is 4.45. The maximum absolute atomic E-state index is 9.03. The summed E-state index contributed by atoms with van der Waals surface area (Å²) in [6, 6.07) is 7.93. The monoisotopic (exact) mass is 241 g/mol. The highest BCUT2D eigenvalue weighted by atomic mass is 15.1. The summed E-state index contributed by atoms with van der Waals surface area (Å²) in [6.07, 6.45) is 2.69. The van der Waals surface area contributed by atoms with Crippen molar-refractivity contribution >= 4 is 11.4 Å². The van der Waals surface area contributed by atoms with E-state index in [4.69, 9.17) is 10.7 Å². The van der Waals surface area contributed by atoms with Gasteiger partial charge in [0, 0.05) is 30.6 Å². The summed E-state index contributed by atoms with van der Waals surface area (Å²) in [5, 5.41) is 16.5. The predicted molar refractivity (Wildman–Crippen MR) is 76.1 cm³/mol. The van der Waals surface area contributed by atoms with Gasteiger partial charge in [0.2, 0.25) is 0 Å². The Bertz CT molecular complexity index is 521. The molecule has 3 nitrogen and oxygen atoms in total. The predicted octanol–water partition coefficient (Wildman–Crippen LogP) is 3.64. The number of hydrogen-bond donors (Lipinski definition) is 1. The lowest BCUT2D eigenvalue weighted by molar-refractivity contribution is 1.06. The topological polar surface area (TPSA) is 50.9 Å². The first-order valence-corrected chi connectivity index (χ1v) is 5.91. The fraction of sp³-hybridized carbons (Fsp3) is 0.333. The Morgan fingerprint density at radius 2 is 2.11 bits per heavy atom. The van der Waals surface area contributed by atoms with Crippen LogP contribution in [0.15, 0.2) is 30.0 Å². The molecule has 0 heterocycles. The van der Waals surface area contributed by atoms with E-state index in [1.54, 1.807) is 6.92 Å². The number of nitrogens with one attached hydrogen (secondary N) is 1. The van der Waals surface area contributed by atoms with E-state index in [2.05, 4.69) is 11.0 Å². The number of rotatable bonds is 4. The van der Waals surface area contributed by atoms with Gasteiger partial charge in [-0.1, -0.05) is 12.1 Å². The largest absolute Gasteiger partial charge is 0.349 e. The molecule has 0 amide bonds. The van der Waals surface area contributed by atoms with Crippen molar-refractivity contribution in [1.82, 2.24) is 0 Å². The standard InChI is InChI=1S/C15H19N3/c1-11(17)8-9-12(2)18(4)15-7-5-6-14(10-16)13(15)3/h5-7,9,17H,8H2,1-4H3. The Labute approximate surface area is 109 Å². The lowest BCUT2D eigenvalue weighted by Gasteiger charge is -2.22. The highest BCUT2D eigenvalue weighted by molar-refractivity contribution is 5.80. The number of anilines is 1. The molecule has 0 saturated heterocycles. The summed E-state index contributed by atoms with van der Waals surface area (Å²) in [7, 11) is 1.98. The van der Waals surface area contributed by atoms with E-state index in [0.29, 0.717) is 17.7 Å². The molecule has 0 spiro atoms. The van der Waals surface area contributed by atoms with Crippen molar-refractivity contribution in [2.45, 2.75) is 27.2 Å².